The predicted molar refractivity (Wildman–Crippen MR) is 54.7 cm³/mol. The van der Waals surface area contributed by atoms with Gasteiger partial charge in [0.05, 0.1) is 4.92 Å². The van der Waals surface area contributed by atoms with Gasteiger partial charge in [0.15, 0.2) is 17.3 Å². The Morgan fingerprint density at radius 2 is 2.19 bits per heavy atom. The van der Waals surface area contributed by atoms with Gasteiger partial charge in [0.1, 0.15) is 0 Å². The third kappa shape index (κ3) is 1.65. The Morgan fingerprint density at radius 3 is 2.75 bits per heavy atom. The summed E-state index contributed by atoms with van der Waals surface area (Å²) in [4.78, 5) is 9.90. The van der Waals surface area contributed by atoms with Crippen LogP contribution in [0.2, 0.25) is 0 Å². The van der Waals surface area contributed by atoms with E-state index in [1.165, 1.54) is 24.3 Å². The van der Waals surface area contributed by atoms with E-state index in [4.69, 9.17) is 10.3 Å². The number of anilines is 1. The molecule has 0 aliphatic carbocycles. The highest BCUT2D eigenvalue weighted by Gasteiger charge is 2.16. The van der Waals surface area contributed by atoms with Gasteiger partial charge in [-0.1, -0.05) is 5.16 Å². The van der Waals surface area contributed by atoms with Gasteiger partial charge < -0.3 is 15.4 Å². The third-order valence-corrected chi connectivity index (χ3v) is 1.99. The van der Waals surface area contributed by atoms with Crippen LogP contribution in [0.25, 0.3) is 11.3 Å². The smallest absolute Gasteiger partial charge is 0.311 e. The number of rotatable bonds is 2. The average Bonchev–Trinajstić information content (AvgIpc) is 2.65. The number of benzene rings is 1. The van der Waals surface area contributed by atoms with Gasteiger partial charge in [-0.25, -0.2) is 0 Å². The number of nitro benzene ring substituents is 1. The van der Waals surface area contributed by atoms with Crippen LogP contribution >= 0.6 is 0 Å². The predicted octanol–water partition coefficient (Wildman–Crippen LogP) is 1.54. The minimum absolute atomic E-state index is 0.186. The van der Waals surface area contributed by atoms with Crippen LogP contribution in [0.1, 0.15) is 0 Å². The third-order valence-electron chi connectivity index (χ3n) is 1.99. The molecule has 0 radical (unpaired) electrons. The minimum atomic E-state index is -0.682. The molecule has 16 heavy (non-hydrogen) atoms. The molecule has 1 aromatic carbocycles. The van der Waals surface area contributed by atoms with E-state index < -0.39 is 16.4 Å². The molecule has 7 nitrogen and oxygen atoms in total. The fourth-order valence-corrected chi connectivity index (χ4v) is 1.25. The van der Waals surface area contributed by atoms with Crippen molar-refractivity contribution >= 4 is 11.5 Å². The van der Waals surface area contributed by atoms with E-state index in [2.05, 4.69) is 5.16 Å². The fourth-order valence-electron chi connectivity index (χ4n) is 1.25. The Hall–Kier alpha value is -2.57. The monoisotopic (exact) mass is 221 g/mol. The highest BCUT2D eigenvalue weighted by atomic mass is 16.6. The first-order valence-electron chi connectivity index (χ1n) is 4.28. The molecule has 0 fully saturated rings. The van der Waals surface area contributed by atoms with Gasteiger partial charge in [0, 0.05) is 17.7 Å². The van der Waals surface area contributed by atoms with Gasteiger partial charge in [0.25, 0.3) is 0 Å². The minimum Gasteiger partial charge on any atom is -0.502 e. The number of hydrogen-bond donors (Lipinski definition) is 2. The molecular formula is C9H7N3O4. The summed E-state index contributed by atoms with van der Waals surface area (Å²) < 4.78 is 4.85. The first-order chi connectivity index (χ1) is 7.58. The highest BCUT2D eigenvalue weighted by Crippen LogP contribution is 2.31. The van der Waals surface area contributed by atoms with Crippen LogP contribution in [0.5, 0.6) is 5.75 Å². The molecule has 2 aromatic rings. The van der Waals surface area contributed by atoms with E-state index in [-0.39, 0.29) is 5.82 Å². The lowest BCUT2D eigenvalue weighted by Gasteiger charge is -1.98. The van der Waals surface area contributed by atoms with Gasteiger partial charge in [0.2, 0.25) is 0 Å². The summed E-state index contributed by atoms with van der Waals surface area (Å²) in [6.45, 7) is 0. The van der Waals surface area contributed by atoms with Crippen LogP contribution < -0.4 is 5.73 Å². The van der Waals surface area contributed by atoms with Crippen LogP contribution in [0.3, 0.4) is 0 Å². The van der Waals surface area contributed by atoms with E-state index in [0.29, 0.717) is 11.3 Å². The molecule has 0 bridgehead atoms. The Bertz CT molecular complexity index is 549. The second-order valence-corrected chi connectivity index (χ2v) is 3.08. The molecule has 3 N–H and O–H groups in total. The molecular weight excluding hydrogens is 214 g/mol. The molecule has 0 saturated carbocycles. The fraction of sp³-hybridized carbons (Fsp3) is 0. The second-order valence-electron chi connectivity index (χ2n) is 3.08. The molecule has 0 atom stereocenters. The van der Waals surface area contributed by atoms with Crippen molar-refractivity contribution in [3.05, 3.63) is 34.4 Å². The van der Waals surface area contributed by atoms with Crippen molar-refractivity contribution in [2.75, 3.05) is 5.73 Å². The highest BCUT2D eigenvalue weighted by molar-refractivity contribution is 5.65. The van der Waals surface area contributed by atoms with Crippen molar-refractivity contribution in [3.63, 3.8) is 0 Å². The lowest BCUT2D eigenvalue weighted by Crippen LogP contribution is -1.89. The van der Waals surface area contributed by atoms with Crippen LogP contribution in [0.4, 0.5) is 11.5 Å². The summed E-state index contributed by atoms with van der Waals surface area (Å²) >= 11 is 0. The van der Waals surface area contributed by atoms with Gasteiger partial charge in [-0.3, -0.25) is 10.1 Å². The Morgan fingerprint density at radius 1 is 1.44 bits per heavy atom. The van der Waals surface area contributed by atoms with Gasteiger partial charge in [-0.2, -0.15) is 0 Å². The van der Waals surface area contributed by atoms with Crippen molar-refractivity contribution in [2.45, 2.75) is 0 Å². The number of aromatic nitrogens is 1. The summed E-state index contributed by atoms with van der Waals surface area (Å²) in [6.07, 6.45) is 0. The first kappa shape index (κ1) is 9.97. The van der Waals surface area contributed by atoms with Gasteiger partial charge in [-0.15, -0.1) is 0 Å². The average molecular weight is 221 g/mol. The number of nitrogens with two attached hydrogens (primary N) is 1. The quantitative estimate of drug-likeness (QED) is 0.586. The largest absolute Gasteiger partial charge is 0.502 e. The number of hydrogen-bond acceptors (Lipinski definition) is 6. The van der Waals surface area contributed by atoms with Gasteiger partial charge in [-0.05, 0) is 12.1 Å². The molecule has 1 heterocycles. The number of phenolic OH excluding ortho intramolecular Hbond substituents is 1. The zero-order valence-electron chi connectivity index (χ0n) is 7.95. The summed E-state index contributed by atoms with van der Waals surface area (Å²) in [5, 5.41) is 23.3. The Labute approximate surface area is 89.2 Å². The maximum atomic E-state index is 10.6. The number of nitrogen functional groups attached to an aromatic ring is 1. The lowest BCUT2D eigenvalue weighted by molar-refractivity contribution is -0.385. The van der Waals surface area contributed by atoms with E-state index in [9.17, 15) is 15.2 Å². The molecule has 2 rings (SSSR count). The zero-order valence-corrected chi connectivity index (χ0v) is 7.95. The van der Waals surface area contributed by atoms with Gasteiger partial charge >= 0.3 is 5.69 Å². The first-order valence-corrected chi connectivity index (χ1v) is 4.28. The van der Waals surface area contributed by atoms with Crippen molar-refractivity contribution in [3.8, 4) is 17.1 Å². The summed E-state index contributed by atoms with van der Waals surface area (Å²) in [6, 6.07) is 5.32. The van der Waals surface area contributed by atoms with E-state index in [0.717, 1.165) is 0 Å². The van der Waals surface area contributed by atoms with Crippen LogP contribution in [-0.2, 0) is 0 Å². The zero-order chi connectivity index (χ0) is 11.7. The Kier molecular flexibility index (Phi) is 2.20. The number of phenols is 1. The summed E-state index contributed by atoms with van der Waals surface area (Å²) in [5.74, 6) is 0.0903. The van der Waals surface area contributed by atoms with Crippen LogP contribution in [0.15, 0.2) is 28.8 Å². The van der Waals surface area contributed by atoms with E-state index >= 15 is 0 Å². The maximum Gasteiger partial charge on any atom is 0.311 e. The van der Waals surface area contributed by atoms with Crippen molar-refractivity contribution in [1.29, 1.82) is 0 Å². The summed E-state index contributed by atoms with van der Waals surface area (Å²) in [5.41, 5.74) is 5.38. The van der Waals surface area contributed by atoms with Crippen molar-refractivity contribution in [1.82, 2.24) is 5.16 Å². The molecule has 0 aliphatic rings. The molecule has 0 amide bonds. The van der Waals surface area contributed by atoms with E-state index in [1.54, 1.807) is 0 Å². The molecule has 1 aromatic heterocycles. The number of nitro groups is 1. The SMILES string of the molecule is Nc1cc(-c2ccc(O)c([N+](=O)[O-])c2)on1. The molecule has 0 saturated heterocycles. The normalized spacial score (nSPS) is 10.2. The van der Waals surface area contributed by atoms with Crippen LogP contribution in [-0.4, -0.2) is 15.2 Å². The summed E-state index contributed by atoms with van der Waals surface area (Å²) in [7, 11) is 0. The lowest BCUT2D eigenvalue weighted by atomic mass is 10.1. The topological polar surface area (TPSA) is 115 Å². The molecule has 0 spiro atoms. The maximum absolute atomic E-state index is 10.6. The molecule has 7 heteroatoms. The van der Waals surface area contributed by atoms with Crippen LogP contribution in [0, 0.1) is 10.1 Å². The number of nitrogens with zero attached hydrogens (tertiary/aromatic N) is 2. The van der Waals surface area contributed by atoms with Crippen molar-refractivity contribution in [2.24, 2.45) is 0 Å². The second kappa shape index (κ2) is 3.54. The molecule has 82 valence electrons. The molecule has 0 unspecified atom stereocenters. The van der Waals surface area contributed by atoms with Crippen molar-refractivity contribution < 1.29 is 14.6 Å². The van der Waals surface area contributed by atoms with E-state index in [1.807, 2.05) is 0 Å². The standard InChI is InChI=1S/C9H7N3O4/c10-9-4-8(16-11-9)5-1-2-7(13)6(3-5)12(14)15/h1-4,13H,(H2,10,11). The number of aromatic hydroxyl groups is 1. The Balaban J connectivity index is 2.51. The molecule has 0 aliphatic heterocycles.